The third kappa shape index (κ3) is 1.19. The molecule has 0 amide bonds. The topological polar surface area (TPSA) is 21.3 Å². The van der Waals surface area contributed by atoms with Crippen molar-refractivity contribution in [2.75, 3.05) is 20.2 Å². The summed E-state index contributed by atoms with van der Waals surface area (Å²) < 4.78 is 29.4. The number of hydrogen-bond acceptors (Lipinski definition) is 2. The van der Waals surface area contributed by atoms with E-state index >= 15 is 0 Å². The Morgan fingerprint density at radius 3 is 2.56 bits per heavy atom. The minimum absolute atomic E-state index is 0.253. The Morgan fingerprint density at radius 2 is 2.33 bits per heavy atom. The van der Waals surface area contributed by atoms with E-state index in [-0.39, 0.29) is 13.1 Å². The molecule has 0 aromatic heterocycles. The van der Waals surface area contributed by atoms with Gasteiger partial charge in [0.1, 0.15) is 6.10 Å². The molecule has 9 heavy (non-hydrogen) atoms. The number of rotatable bonds is 1. The van der Waals surface area contributed by atoms with E-state index in [0.29, 0.717) is 0 Å². The van der Waals surface area contributed by atoms with Crippen molar-refractivity contribution in [2.45, 2.75) is 12.0 Å². The minimum Gasteiger partial charge on any atom is -0.374 e. The van der Waals surface area contributed by atoms with Crippen LogP contribution < -0.4 is 5.32 Å². The van der Waals surface area contributed by atoms with Gasteiger partial charge in [-0.2, -0.15) is 0 Å². The van der Waals surface area contributed by atoms with Crippen molar-refractivity contribution >= 4 is 0 Å². The molecule has 1 N–H and O–H groups in total. The Balaban J connectivity index is 2.52. The third-order valence-corrected chi connectivity index (χ3v) is 1.45. The van der Waals surface area contributed by atoms with Crippen LogP contribution in [0, 0.1) is 0 Å². The van der Waals surface area contributed by atoms with Crippen molar-refractivity contribution in [3.8, 4) is 0 Å². The molecule has 1 atom stereocenters. The third-order valence-electron chi connectivity index (χ3n) is 1.45. The first-order valence-corrected chi connectivity index (χ1v) is 2.78. The molecule has 0 aromatic rings. The highest BCUT2D eigenvalue weighted by molar-refractivity contribution is 4.88. The number of hydrogen-bond donors (Lipinski definition) is 1. The van der Waals surface area contributed by atoms with Gasteiger partial charge in [0.15, 0.2) is 0 Å². The Morgan fingerprint density at radius 1 is 1.67 bits per heavy atom. The highest BCUT2D eigenvalue weighted by atomic mass is 19.3. The van der Waals surface area contributed by atoms with Crippen molar-refractivity contribution in [3.05, 3.63) is 0 Å². The lowest BCUT2D eigenvalue weighted by Gasteiger charge is -2.14. The molecule has 0 unspecified atom stereocenters. The minimum atomic E-state index is -2.67. The second-order valence-corrected chi connectivity index (χ2v) is 2.12. The summed E-state index contributed by atoms with van der Waals surface area (Å²) in [6.07, 6.45) is -0.933. The van der Waals surface area contributed by atoms with E-state index in [1.165, 1.54) is 7.11 Å². The van der Waals surface area contributed by atoms with E-state index in [1.807, 2.05) is 0 Å². The van der Waals surface area contributed by atoms with Crippen LogP contribution in [0.3, 0.4) is 0 Å². The predicted octanol–water partition coefficient (Wildman–Crippen LogP) is 0.240. The molecule has 0 saturated carbocycles. The van der Waals surface area contributed by atoms with E-state index in [4.69, 9.17) is 0 Å². The van der Waals surface area contributed by atoms with E-state index in [1.54, 1.807) is 0 Å². The zero-order valence-corrected chi connectivity index (χ0v) is 5.16. The zero-order valence-electron chi connectivity index (χ0n) is 5.16. The fraction of sp³-hybridized carbons (Fsp3) is 1.00. The summed E-state index contributed by atoms with van der Waals surface area (Å²) in [4.78, 5) is 0. The van der Waals surface area contributed by atoms with Crippen LogP contribution >= 0.6 is 0 Å². The van der Waals surface area contributed by atoms with E-state index < -0.39 is 12.0 Å². The fourth-order valence-corrected chi connectivity index (χ4v) is 0.889. The molecule has 1 aliphatic rings. The summed E-state index contributed by atoms with van der Waals surface area (Å²) in [5.74, 6) is -2.67. The second kappa shape index (κ2) is 2.19. The van der Waals surface area contributed by atoms with Gasteiger partial charge in [-0.15, -0.1) is 0 Å². The first-order chi connectivity index (χ1) is 4.17. The summed E-state index contributed by atoms with van der Waals surface area (Å²) in [5.41, 5.74) is 0. The van der Waals surface area contributed by atoms with Crippen LogP contribution in [0.4, 0.5) is 8.78 Å². The van der Waals surface area contributed by atoms with Gasteiger partial charge in [-0.1, -0.05) is 0 Å². The van der Waals surface area contributed by atoms with Crippen LogP contribution in [-0.2, 0) is 4.74 Å². The van der Waals surface area contributed by atoms with Gasteiger partial charge < -0.3 is 10.1 Å². The van der Waals surface area contributed by atoms with Crippen molar-refractivity contribution in [3.63, 3.8) is 0 Å². The van der Waals surface area contributed by atoms with Gasteiger partial charge >= 0.3 is 0 Å². The first-order valence-electron chi connectivity index (χ1n) is 2.78. The van der Waals surface area contributed by atoms with Crippen molar-refractivity contribution < 1.29 is 13.5 Å². The van der Waals surface area contributed by atoms with Crippen LogP contribution in [-0.4, -0.2) is 32.2 Å². The number of methoxy groups -OCH3 is 1. The largest absolute Gasteiger partial charge is 0.374 e. The number of alkyl halides is 2. The quantitative estimate of drug-likeness (QED) is 0.559. The summed E-state index contributed by atoms with van der Waals surface area (Å²) in [5, 5.41) is 2.54. The van der Waals surface area contributed by atoms with Crippen LogP contribution in [0.2, 0.25) is 0 Å². The number of nitrogens with one attached hydrogen (secondary N) is 1. The van der Waals surface area contributed by atoms with Crippen LogP contribution in [0.5, 0.6) is 0 Å². The molecule has 0 aliphatic carbocycles. The Hall–Kier alpha value is -0.220. The Bertz CT molecular complexity index is 107. The molecule has 1 heterocycles. The molecule has 0 radical (unpaired) electrons. The van der Waals surface area contributed by atoms with Gasteiger partial charge in [-0.3, -0.25) is 0 Å². The predicted molar refractivity (Wildman–Crippen MR) is 28.6 cm³/mol. The lowest BCUT2D eigenvalue weighted by molar-refractivity contribution is -0.0891. The number of ether oxygens (including phenoxy) is 1. The second-order valence-electron chi connectivity index (χ2n) is 2.12. The Kier molecular flexibility index (Phi) is 1.68. The zero-order chi connectivity index (χ0) is 6.91. The first kappa shape index (κ1) is 6.89. The van der Waals surface area contributed by atoms with Gasteiger partial charge in [0.05, 0.1) is 6.54 Å². The van der Waals surface area contributed by atoms with Crippen LogP contribution in [0.25, 0.3) is 0 Å². The lowest BCUT2D eigenvalue weighted by atomic mass is 10.2. The molecular weight excluding hydrogens is 128 g/mol. The normalized spacial score (nSPS) is 33.0. The highest BCUT2D eigenvalue weighted by Crippen LogP contribution is 2.23. The summed E-state index contributed by atoms with van der Waals surface area (Å²) in [7, 11) is 1.30. The molecule has 54 valence electrons. The average molecular weight is 137 g/mol. The average Bonchev–Trinajstić information content (AvgIpc) is 2.08. The Labute approximate surface area is 52.2 Å². The monoisotopic (exact) mass is 137 g/mol. The van der Waals surface area contributed by atoms with Gasteiger partial charge in [-0.25, -0.2) is 8.78 Å². The number of halogens is 2. The highest BCUT2D eigenvalue weighted by Gasteiger charge is 2.44. The maximum absolute atomic E-state index is 12.4. The summed E-state index contributed by atoms with van der Waals surface area (Å²) in [6.45, 7) is -0.00495. The SMILES string of the molecule is CO[C@H]1CNCC1(F)F. The van der Waals surface area contributed by atoms with Gasteiger partial charge in [0, 0.05) is 13.7 Å². The fourth-order valence-electron chi connectivity index (χ4n) is 0.889. The smallest absolute Gasteiger partial charge is 0.287 e. The van der Waals surface area contributed by atoms with Gasteiger partial charge in [0.2, 0.25) is 0 Å². The van der Waals surface area contributed by atoms with Crippen LogP contribution in [0.1, 0.15) is 0 Å². The molecule has 0 aromatic carbocycles. The summed E-state index contributed by atoms with van der Waals surface area (Å²) >= 11 is 0. The standard InChI is InChI=1S/C5H9F2NO/c1-9-4-2-8-3-5(4,6)7/h4,8H,2-3H2,1H3/t4-/m0/s1. The van der Waals surface area contributed by atoms with Crippen LogP contribution in [0.15, 0.2) is 0 Å². The lowest BCUT2D eigenvalue weighted by Crippen LogP contribution is -2.32. The maximum Gasteiger partial charge on any atom is 0.287 e. The van der Waals surface area contributed by atoms with E-state index in [0.717, 1.165) is 0 Å². The van der Waals surface area contributed by atoms with Crippen molar-refractivity contribution in [2.24, 2.45) is 0 Å². The molecule has 1 saturated heterocycles. The van der Waals surface area contributed by atoms with E-state index in [9.17, 15) is 8.78 Å². The molecule has 4 heteroatoms. The van der Waals surface area contributed by atoms with Crippen molar-refractivity contribution in [1.82, 2.24) is 5.32 Å². The van der Waals surface area contributed by atoms with Gasteiger partial charge in [-0.05, 0) is 0 Å². The van der Waals surface area contributed by atoms with Gasteiger partial charge in [0.25, 0.3) is 5.92 Å². The molecule has 0 spiro atoms. The van der Waals surface area contributed by atoms with Crippen molar-refractivity contribution in [1.29, 1.82) is 0 Å². The molecule has 2 nitrogen and oxygen atoms in total. The maximum atomic E-state index is 12.4. The molecule has 0 bridgehead atoms. The molecular formula is C5H9F2NO. The molecule has 1 fully saturated rings. The molecule has 1 aliphatic heterocycles. The molecule has 1 rings (SSSR count). The van der Waals surface area contributed by atoms with E-state index in [2.05, 4.69) is 10.1 Å². The summed E-state index contributed by atoms with van der Waals surface area (Å²) in [6, 6.07) is 0.